The van der Waals surface area contributed by atoms with Gasteiger partial charge in [0.1, 0.15) is 0 Å². The summed E-state index contributed by atoms with van der Waals surface area (Å²) < 4.78 is 0. The lowest BCUT2D eigenvalue weighted by molar-refractivity contribution is -0.385. The van der Waals surface area contributed by atoms with Crippen molar-refractivity contribution >= 4 is 33.2 Å². The van der Waals surface area contributed by atoms with Gasteiger partial charge in [-0.05, 0) is 12.1 Å². The lowest BCUT2D eigenvalue weighted by Gasteiger charge is -2.15. The van der Waals surface area contributed by atoms with Gasteiger partial charge in [-0.15, -0.1) is 0 Å². The second-order valence-corrected chi connectivity index (χ2v) is 5.03. The van der Waals surface area contributed by atoms with Gasteiger partial charge in [0.2, 0.25) is 5.91 Å². The van der Waals surface area contributed by atoms with Crippen molar-refractivity contribution in [1.29, 1.82) is 0 Å². The molecule has 2 rings (SSSR count). The molecule has 17 heavy (non-hydrogen) atoms. The zero-order chi connectivity index (χ0) is 12.6. The number of carbonyl (C=O) groups is 1. The van der Waals surface area contributed by atoms with Gasteiger partial charge in [0.05, 0.1) is 10.6 Å². The number of nitro benzene ring substituents is 1. The van der Waals surface area contributed by atoms with Crippen LogP contribution in [0.25, 0.3) is 0 Å². The summed E-state index contributed by atoms with van der Waals surface area (Å²) in [7, 11) is 0. The van der Waals surface area contributed by atoms with Crippen molar-refractivity contribution in [3.63, 3.8) is 0 Å². The van der Waals surface area contributed by atoms with E-state index in [0.29, 0.717) is 18.7 Å². The van der Waals surface area contributed by atoms with Crippen molar-refractivity contribution in [3.05, 3.63) is 28.3 Å². The maximum Gasteiger partial charge on any atom is 0.312 e. The van der Waals surface area contributed by atoms with E-state index in [1.165, 1.54) is 23.1 Å². The minimum Gasteiger partial charge on any atom is -0.502 e. The molecule has 0 aromatic heterocycles. The van der Waals surface area contributed by atoms with Crippen molar-refractivity contribution in [3.8, 4) is 5.75 Å². The number of rotatable bonds is 2. The van der Waals surface area contributed by atoms with Gasteiger partial charge in [-0.2, -0.15) is 0 Å². The molecule has 0 spiro atoms. The zero-order valence-electron chi connectivity index (χ0n) is 8.67. The molecule has 0 saturated carbocycles. The average Bonchev–Trinajstić information content (AvgIpc) is 2.58. The first-order chi connectivity index (χ1) is 7.99. The number of hydrogen-bond donors (Lipinski definition) is 1. The van der Waals surface area contributed by atoms with E-state index in [-0.39, 0.29) is 10.7 Å². The lowest BCUT2D eigenvalue weighted by Crippen LogP contribution is -2.24. The Labute approximate surface area is 105 Å². The summed E-state index contributed by atoms with van der Waals surface area (Å²) >= 11 is 3.33. The summed E-state index contributed by atoms with van der Waals surface area (Å²) in [5.74, 6) is -0.493. The molecule has 1 atom stereocenters. The monoisotopic (exact) mass is 300 g/mol. The van der Waals surface area contributed by atoms with E-state index < -0.39 is 16.4 Å². The highest BCUT2D eigenvalue weighted by molar-refractivity contribution is 9.09. The van der Waals surface area contributed by atoms with Crippen molar-refractivity contribution in [1.82, 2.24) is 0 Å². The third-order valence-corrected chi connectivity index (χ3v) is 3.16. The van der Waals surface area contributed by atoms with Gasteiger partial charge in [0, 0.05) is 23.9 Å². The number of aromatic hydroxyl groups is 1. The molecule has 90 valence electrons. The minimum absolute atomic E-state index is 0.0582. The number of anilines is 1. The van der Waals surface area contributed by atoms with Crippen molar-refractivity contribution < 1.29 is 14.8 Å². The van der Waals surface area contributed by atoms with Crippen LogP contribution in [0.4, 0.5) is 11.4 Å². The number of phenols is 1. The second kappa shape index (κ2) is 4.33. The molecule has 7 heteroatoms. The Balaban J connectivity index is 2.37. The van der Waals surface area contributed by atoms with Gasteiger partial charge in [0.15, 0.2) is 5.75 Å². The van der Waals surface area contributed by atoms with Crippen LogP contribution in [0, 0.1) is 10.1 Å². The van der Waals surface area contributed by atoms with E-state index in [4.69, 9.17) is 0 Å². The van der Waals surface area contributed by atoms with Gasteiger partial charge in [-0.1, -0.05) is 15.9 Å². The first kappa shape index (κ1) is 11.8. The Bertz CT molecular complexity index is 491. The van der Waals surface area contributed by atoms with Crippen LogP contribution >= 0.6 is 15.9 Å². The van der Waals surface area contributed by atoms with E-state index in [9.17, 15) is 20.0 Å². The molecule has 1 saturated heterocycles. The molecule has 0 bridgehead atoms. The number of carbonyl (C=O) groups excluding carboxylic acids is 1. The summed E-state index contributed by atoms with van der Waals surface area (Å²) in [4.78, 5) is 23.1. The van der Waals surface area contributed by atoms with Gasteiger partial charge in [0.25, 0.3) is 0 Å². The highest BCUT2D eigenvalue weighted by atomic mass is 79.9. The first-order valence-corrected chi connectivity index (χ1v) is 5.82. The lowest BCUT2D eigenvalue weighted by atomic mass is 10.2. The fourth-order valence-electron chi connectivity index (χ4n) is 1.74. The van der Waals surface area contributed by atoms with Gasteiger partial charge in [-0.3, -0.25) is 14.9 Å². The molecule has 1 fully saturated rings. The van der Waals surface area contributed by atoms with Gasteiger partial charge in [-0.25, -0.2) is 0 Å². The fourth-order valence-corrected chi connectivity index (χ4v) is 2.31. The largest absolute Gasteiger partial charge is 0.502 e. The minimum atomic E-state index is -0.676. The number of halogens is 1. The molecular formula is C10H9BrN2O4. The van der Waals surface area contributed by atoms with Crippen LogP contribution in [0.2, 0.25) is 0 Å². The van der Waals surface area contributed by atoms with Crippen LogP contribution in [-0.2, 0) is 4.79 Å². The van der Waals surface area contributed by atoms with Gasteiger partial charge >= 0.3 is 5.69 Å². The topological polar surface area (TPSA) is 83.7 Å². The fraction of sp³-hybridized carbons (Fsp3) is 0.300. The Hall–Kier alpha value is -1.63. The Morgan fingerprint density at radius 1 is 1.53 bits per heavy atom. The van der Waals surface area contributed by atoms with Crippen LogP contribution in [0.3, 0.4) is 0 Å². The number of phenolic OH excluding ortho intramolecular Hbond substituents is 1. The van der Waals surface area contributed by atoms with Crippen LogP contribution in [-0.4, -0.2) is 27.3 Å². The van der Waals surface area contributed by atoms with Crippen LogP contribution in [0.1, 0.15) is 6.42 Å². The summed E-state index contributed by atoms with van der Waals surface area (Å²) in [6, 6.07) is 3.92. The van der Waals surface area contributed by atoms with E-state index in [0.717, 1.165) is 0 Å². The second-order valence-electron chi connectivity index (χ2n) is 3.74. The summed E-state index contributed by atoms with van der Waals surface area (Å²) in [5, 5.41) is 20.0. The predicted octanol–water partition coefficient (Wildman–Crippen LogP) is 1.80. The molecule has 1 aromatic rings. The molecule has 1 aliphatic rings. The number of hydrogen-bond acceptors (Lipinski definition) is 4. The molecule has 1 unspecified atom stereocenters. The molecule has 1 aromatic carbocycles. The highest BCUT2D eigenvalue weighted by Gasteiger charge is 2.30. The van der Waals surface area contributed by atoms with Crippen LogP contribution in [0.5, 0.6) is 5.75 Å². The highest BCUT2D eigenvalue weighted by Crippen LogP contribution is 2.33. The van der Waals surface area contributed by atoms with Crippen molar-refractivity contribution in [2.75, 3.05) is 11.4 Å². The molecule has 1 amide bonds. The number of nitrogens with zero attached hydrogens (tertiary/aromatic N) is 2. The summed E-state index contributed by atoms with van der Waals surface area (Å²) in [6.45, 7) is 0.473. The van der Waals surface area contributed by atoms with Crippen LogP contribution < -0.4 is 4.90 Å². The van der Waals surface area contributed by atoms with Crippen molar-refractivity contribution in [2.24, 2.45) is 0 Å². The maximum atomic E-state index is 11.6. The SMILES string of the molecule is O=C1CC(Br)CN1c1ccc(O)c([N+](=O)[O-])c1. The Morgan fingerprint density at radius 2 is 2.24 bits per heavy atom. The van der Waals surface area contributed by atoms with E-state index in [2.05, 4.69) is 15.9 Å². The molecule has 0 aliphatic carbocycles. The first-order valence-electron chi connectivity index (χ1n) is 4.91. The third-order valence-electron chi connectivity index (χ3n) is 2.55. The Kier molecular flexibility index (Phi) is 3.01. The van der Waals surface area contributed by atoms with Crippen molar-refractivity contribution in [2.45, 2.75) is 11.2 Å². The van der Waals surface area contributed by atoms with E-state index in [1.54, 1.807) is 0 Å². The smallest absolute Gasteiger partial charge is 0.312 e. The van der Waals surface area contributed by atoms with Crippen LogP contribution in [0.15, 0.2) is 18.2 Å². The third kappa shape index (κ3) is 2.23. The quantitative estimate of drug-likeness (QED) is 0.513. The normalized spacial score (nSPS) is 19.7. The molecule has 6 nitrogen and oxygen atoms in total. The Morgan fingerprint density at radius 3 is 2.76 bits per heavy atom. The molecule has 1 heterocycles. The van der Waals surface area contributed by atoms with E-state index >= 15 is 0 Å². The summed E-state index contributed by atoms with van der Waals surface area (Å²) in [6.07, 6.45) is 0.370. The number of amides is 1. The molecular weight excluding hydrogens is 292 g/mol. The molecule has 1 aliphatic heterocycles. The molecule has 0 radical (unpaired) electrons. The number of nitro groups is 1. The summed E-state index contributed by atoms with van der Waals surface area (Å²) in [5.41, 5.74) is 0.0368. The predicted molar refractivity (Wildman–Crippen MR) is 64.4 cm³/mol. The molecule has 1 N–H and O–H groups in total. The van der Waals surface area contributed by atoms with E-state index in [1.807, 2.05) is 0 Å². The van der Waals surface area contributed by atoms with Gasteiger partial charge < -0.3 is 10.0 Å². The maximum absolute atomic E-state index is 11.6. The zero-order valence-corrected chi connectivity index (χ0v) is 10.3. The number of alkyl halides is 1. The standard InChI is InChI=1S/C10H9BrN2O4/c11-6-3-10(15)12(5-6)7-1-2-9(14)8(4-7)13(16)17/h1-2,4,6,14H,3,5H2. The number of benzene rings is 1. The average molecular weight is 301 g/mol.